The van der Waals surface area contributed by atoms with E-state index in [-0.39, 0.29) is 5.48 Å². The van der Waals surface area contributed by atoms with Crippen molar-refractivity contribution in [2.45, 2.75) is 39.5 Å². The molecule has 1 aromatic heterocycles. The Hall–Kier alpha value is -1.09. The minimum Gasteiger partial charge on any atom is -0.412 e. The lowest BCUT2D eigenvalue weighted by atomic mass is 10.0. The SMILES string of the molecule is CCc1c(C)nc2c(c1N)CCC2.O. The molecule has 0 atom stereocenters. The fourth-order valence-electron chi connectivity index (χ4n) is 2.23. The van der Waals surface area contributed by atoms with Crippen molar-refractivity contribution in [2.24, 2.45) is 0 Å². The predicted octanol–water partition coefficient (Wildman–Crippen LogP) is 1.20. The lowest BCUT2D eigenvalue weighted by Gasteiger charge is -2.11. The molecule has 1 aromatic rings. The van der Waals surface area contributed by atoms with Crippen molar-refractivity contribution in [1.82, 2.24) is 4.98 Å². The van der Waals surface area contributed by atoms with Crippen LogP contribution in [-0.2, 0) is 19.3 Å². The molecule has 78 valence electrons. The molecule has 14 heavy (non-hydrogen) atoms. The summed E-state index contributed by atoms with van der Waals surface area (Å²) in [6.45, 7) is 4.20. The van der Waals surface area contributed by atoms with Crippen molar-refractivity contribution in [3.63, 3.8) is 0 Å². The standard InChI is InChI=1S/C11H16N2.H2O/c1-3-8-7(2)13-10-6-4-5-9(10)11(8)12;/h3-6H2,1-2H3,(H2,12,13);1H2. The number of nitrogens with two attached hydrogens (primary N) is 1. The second-order valence-corrected chi connectivity index (χ2v) is 3.72. The van der Waals surface area contributed by atoms with Crippen LogP contribution in [0.5, 0.6) is 0 Å². The van der Waals surface area contributed by atoms with Crippen LogP contribution in [0.1, 0.15) is 35.9 Å². The van der Waals surface area contributed by atoms with Gasteiger partial charge in [-0.05, 0) is 43.7 Å². The molecule has 3 nitrogen and oxygen atoms in total. The number of fused-ring (bicyclic) bond motifs is 1. The van der Waals surface area contributed by atoms with E-state index >= 15 is 0 Å². The first-order chi connectivity index (χ1) is 6.24. The predicted molar refractivity (Wildman–Crippen MR) is 58.4 cm³/mol. The molecule has 0 fully saturated rings. The number of rotatable bonds is 1. The summed E-state index contributed by atoms with van der Waals surface area (Å²) in [5, 5.41) is 0. The first-order valence-corrected chi connectivity index (χ1v) is 5.00. The minimum absolute atomic E-state index is 0. The van der Waals surface area contributed by atoms with E-state index in [1.165, 1.54) is 23.2 Å². The average molecular weight is 194 g/mol. The molecule has 0 amide bonds. The van der Waals surface area contributed by atoms with E-state index in [1.807, 2.05) is 0 Å². The fraction of sp³-hybridized carbons (Fsp3) is 0.545. The molecule has 0 bridgehead atoms. The van der Waals surface area contributed by atoms with Crippen LogP contribution in [0.4, 0.5) is 5.69 Å². The van der Waals surface area contributed by atoms with Gasteiger partial charge in [-0.2, -0.15) is 0 Å². The number of nitrogens with zero attached hydrogens (tertiary/aromatic N) is 1. The van der Waals surface area contributed by atoms with Crippen LogP contribution in [0, 0.1) is 6.92 Å². The van der Waals surface area contributed by atoms with E-state index in [2.05, 4.69) is 18.8 Å². The molecule has 0 saturated heterocycles. The first kappa shape index (κ1) is 11.0. The Morgan fingerprint density at radius 3 is 2.71 bits per heavy atom. The van der Waals surface area contributed by atoms with E-state index < -0.39 is 0 Å². The largest absolute Gasteiger partial charge is 0.412 e. The summed E-state index contributed by atoms with van der Waals surface area (Å²) >= 11 is 0. The Balaban J connectivity index is 0.000000980. The number of hydrogen-bond donors (Lipinski definition) is 1. The van der Waals surface area contributed by atoms with Gasteiger partial charge in [0.05, 0.1) is 0 Å². The number of nitrogen functional groups attached to an aromatic ring is 1. The normalized spacial score (nSPS) is 13.6. The zero-order valence-electron chi connectivity index (χ0n) is 8.85. The second kappa shape index (κ2) is 3.96. The van der Waals surface area contributed by atoms with Crippen molar-refractivity contribution in [1.29, 1.82) is 0 Å². The van der Waals surface area contributed by atoms with Crippen LogP contribution >= 0.6 is 0 Å². The van der Waals surface area contributed by atoms with Gasteiger partial charge < -0.3 is 11.2 Å². The Morgan fingerprint density at radius 2 is 2.07 bits per heavy atom. The Labute approximate surface area is 84.7 Å². The Bertz CT molecular complexity index is 344. The monoisotopic (exact) mass is 194 g/mol. The van der Waals surface area contributed by atoms with Crippen molar-refractivity contribution < 1.29 is 5.48 Å². The quantitative estimate of drug-likeness (QED) is 0.729. The lowest BCUT2D eigenvalue weighted by Crippen LogP contribution is -2.04. The van der Waals surface area contributed by atoms with Gasteiger partial charge in [0.15, 0.2) is 0 Å². The van der Waals surface area contributed by atoms with Gasteiger partial charge in [-0.1, -0.05) is 6.92 Å². The minimum atomic E-state index is 0. The first-order valence-electron chi connectivity index (χ1n) is 5.00. The highest BCUT2D eigenvalue weighted by molar-refractivity contribution is 5.58. The highest BCUT2D eigenvalue weighted by Gasteiger charge is 2.18. The summed E-state index contributed by atoms with van der Waals surface area (Å²) in [7, 11) is 0. The third-order valence-corrected chi connectivity index (χ3v) is 2.93. The Kier molecular flexibility index (Phi) is 3.11. The molecule has 0 aliphatic heterocycles. The molecule has 1 aliphatic rings. The van der Waals surface area contributed by atoms with Gasteiger partial charge in [0.25, 0.3) is 0 Å². The maximum Gasteiger partial charge on any atom is 0.0459 e. The van der Waals surface area contributed by atoms with Crippen LogP contribution in [0.25, 0.3) is 0 Å². The van der Waals surface area contributed by atoms with Gasteiger partial charge >= 0.3 is 0 Å². The molecular weight excluding hydrogens is 176 g/mol. The van der Waals surface area contributed by atoms with E-state index in [9.17, 15) is 0 Å². The second-order valence-electron chi connectivity index (χ2n) is 3.72. The summed E-state index contributed by atoms with van der Waals surface area (Å²) in [5.41, 5.74) is 12.1. The number of aromatic nitrogens is 1. The van der Waals surface area contributed by atoms with Gasteiger partial charge in [0.2, 0.25) is 0 Å². The van der Waals surface area contributed by atoms with Gasteiger partial charge in [-0.25, -0.2) is 0 Å². The van der Waals surface area contributed by atoms with Crippen LogP contribution in [0.3, 0.4) is 0 Å². The molecule has 1 aliphatic carbocycles. The third kappa shape index (κ3) is 1.48. The number of aryl methyl sites for hydroxylation is 2. The van der Waals surface area contributed by atoms with Gasteiger partial charge in [0, 0.05) is 17.1 Å². The molecule has 0 saturated carbocycles. The summed E-state index contributed by atoms with van der Waals surface area (Å²) in [4.78, 5) is 4.61. The molecular formula is C11H18N2O. The van der Waals surface area contributed by atoms with Crippen molar-refractivity contribution in [2.75, 3.05) is 5.73 Å². The smallest absolute Gasteiger partial charge is 0.0459 e. The number of hydrogen-bond acceptors (Lipinski definition) is 2. The highest BCUT2D eigenvalue weighted by atomic mass is 16.0. The molecule has 3 heteroatoms. The molecule has 1 heterocycles. The molecule has 4 N–H and O–H groups in total. The van der Waals surface area contributed by atoms with Crippen molar-refractivity contribution in [3.8, 4) is 0 Å². The van der Waals surface area contributed by atoms with E-state index in [1.54, 1.807) is 0 Å². The zero-order chi connectivity index (χ0) is 9.42. The van der Waals surface area contributed by atoms with Gasteiger partial charge in [-0.15, -0.1) is 0 Å². The summed E-state index contributed by atoms with van der Waals surface area (Å²) in [6.07, 6.45) is 4.46. The third-order valence-electron chi connectivity index (χ3n) is 2.93. The van der Waals surface area contributed by atoms with Gasteiger partial charge in [0.1, 0.15) is 0 Å². The lowest BCUT2D eigenvalue weighted by molar-refractivity contribution is 0.824. The maximum atomic E-state index is 6.11. The molecule has 0 unspecified atom stereocenters. The number of pyridine rings is 1. The fourth-order valence-corrected chi connectivity index (χ4v) is 2.23. The summed E-state index contributed by atoms with van der Waals surface area (Å²) in [5.74, 6) is 0. The van der Waals surface area contributed by atoms with E-state index in [4.69, 9.17) is 5.73 Å². The molecule has 0 radical (unpaired) electrons. The summed E-state index contributed by atoms with van der Waals surface area (Å²) < 4.78 is 0. The van der Waals surface area contributed by atoms with Gasteiger partial charge in [-0.3, -0.25) is 4.98 Å². The maximum absolute atomic E-state index is 6.11. The van der Waals surface area contributed by atoms with E-state index in [0.717, 1.165) is 30.6 Å². The van der Waals surface area contributed by atoms with Crippen molar-refractivity contribution in [3.05, 3.63) is 22.5 Å². The molecule has 2 rings (SSSR count). The molecule has 0 spiro atoms. The average Bonchev–Trinajstić information content (AvgIpc) is 2.53. The highest BCUT2D eigenvalue weighted by Crippen LogP contribution is 2.29. The zero-order valence-corrected chi connectivity index (χ0v) is 8.85. The van der Waals surface area contributed by atoms with Crippen molar-refractivity contribution >= 4 is 5.69 Å². The van der Waals surface area contributed by atoms with Crippen LogP contribution in [0.15, 0.2) is 0 Å². The van der Waals surface area contributed by atoms with Crippen LogP contribution in [0.2, 0.25) is 0 Å². The van der Waals surface area contributed by atoms with Crippen LogP contribution in [-0.4, -0.2) is 10.5 Å². The van der Waals surface area contributed by atoms with E-state index in [0.29, 0.717) is 0 Å². The summed E-state index contributed by atoms with van der Waals surface area (Å²) in [6, 6.07) is 0. The van der Waals surface area contributed by atoms with Crippen LogP contribution < -0.4 is 5.73 Å². The topological polar surface area (TPSA) is 70.4 Å². The number of anilines is 1. The Morgan fingerprint density at radius 1 is 1.36 bits per heavy atom. The molecule has 0 aromatic carbocycles.